The van der Waals surface area contributed by atoms with Gasteiger partial charge in [0.2, 0.25) is 0 Å². The van der Waals surface area contributed by atoms with Gasteiger partial charge in [0.1, 0.15) is 18.5 Å². The van der Waals surface area contributed by atoms with Crippen molar-refractivity contribution >= 4 is 29.9 Å². The van der Waals surface area contributed by atoms with E-state index in [1.807, 2.05) is 24.3 Å². The van der Waals surface area contributed by atoms with Crippen LogP contribution in [0, 0.1) is 5.82 Å². The normalized spacial score (nSPS) is 10.9. The predicted octanol–water partition coefficient (Wildman–Crippen LogP) is 2.89. The van der Waals surface area contributed by atoms with E-state index in [9.17, 15) is 4.39 Å². The summed E-state index contributed by atoms with van der Waals surface area (Å²) in [6, 6.07) is 14.4. The smallest absolute Gasteiger partial charge is 0.191 e. The number of nitrogens with one attached hydrogen (secondary N) is 2. The minimum Gasteiger partial charge on any atom is -0.352 e. The standard InChI is InChI=1S/C18H19FN6.HI/c1-20-18(22-10-14-2-6-16(19)7-3-14)23-11-15-4-8-17(9-5-15)25-13-21-12-24-25;/h2-9,12-13H,10-11H2,1H3,(H2,20,22,23);1H. The zero-order chi connectivity index (χ0) is 17.5. The molecule has 0 atom stereocenters. The minimum absolute atomic E-state index is 0. The van der Waals surface area contributed by atoms with Crippen molar-refractivity contribution in [2.75, 3.05) is 7.05 Å². The Kier molecular flexibility index (Phi) is 7.52. The topological polar surface area (TPSA) is 67.1 Å². The molecular weight excluding hydrogens is 446 g/mol. The molecule has 0 saturated carbocycles. The van der Waals surface area contributed by atoms with Crippen LogP contribution in [0.4, 0.5) is 4.39 Å². The fourth-order valence-corrected chi connectivity index (χ4v) is 2.30. The zero-order valence-corrected chi connectivity index (χ0v) is 16.6. The second-order valence-corrected chi connectivity index (χ2v) is 5.41. The second-order valence-electron chi connectivity index (χ2n) is 5.41. The summed E-state index contributed by atoms with van der Waals surface area (Å²) in [5.74, 6) is 0.449. The largest absolute Gasteiger partial charge is 0.352 e. The molecule has 2 N–H and O–H groups in total. The molecule has 3 rings (SSSR count). The van der Waals surface area contributed by atoms with Gasteiger partial charge in [0, 0.05) is 20.1 Å². The molecule has 2 aromatic carbocycles. The van der Waals surface area contributed by atoms with Crippen molar-refractivity contribution in [2.45, 2.75) is 13.1 Å². The van der Waals surface area contributed by atoms with Gasteiger partial charge in [0.15, 0.2) is 5.96 Å². The van der Waals surface area contributed by atoms with Gasteiger partial charge in [-0.1, -0.05) is 24.3 Å². The third kappa shape index (κ3) is 5.51. The molecule has 26 heavy (non-hydrogen) atoms. The molecule has 0 spiro atoms. The molecule has 3 aromatic rings. The van der Waals surface area contributed by atoms with Crippen LogP contribution in [0.3, 0.4) is 0 Å². The van der Waals surface area contributed by atoms with Crippen LogP contribution in [-0.4, -0.2) is 27.8 Å². The molecule has 0 bridgehead atoms. The van der Waals surface area contributed by atoms with E-state index in [1.54, 1.807) is 30.2 Å². The fraction of sp³-hybridized carbons (Fsp3) is 0.167. The van der Waals surface area contributed by atoms with Gasteiger partial charge in [-0.3, -0.25) is 4.99 Å². The van der Waals surface area contributed by atoms with Crippen molar-refractivity contribution in [1.82, 2.24) is 25.4 Å². The molecule has 1 heterocycles. The Bertz CT molecular complexity index is 816. The summed E-state index contributed by atoms with van der Waals surface area (Å²) in [6.45, 7) is 1.21. The molecule has 0 aliphatic carbocycles. The van der Waals surface area contributed by atoms with Gasteiger partial charge in [0.25, 0.3) is 0 Å². The van der Waals surface area contributed by atoms with E-state index in [1.165, 1.54) is 18.5 Å². The molecule has 0 aliphatic heterocycles. The zero-order valence-electron chi connectivity index (χ0n) is 14.3. The summed E-state index contributed by atoms with van der Waals surface area (Å²) in [5, 5.41) is 10.6. The molecule has 0 unspecified atom stereocenters. The summed E-state index contributed by atoms with van der Waals surface area (Å²) in [4.78, 5) is 8.13. The number of hydrogen-bond acceptors (Lipinski definition) is 3. The van der Waals surface area contributed by atoms with Gasteiger partial charge in [-0.2, -0.15) is 5.10 Å². The van der Waals surface area contributed by atoms with Crippen molar-refractivity contribution in [1.29, 1.82) is 0 Å². The van der Waals surface area contributed by atoms with Crippen LogP contribution < -0.4 is 10.6 Å². The van der Waals surface area contributed by atoms with E-state index in [2.05, 4.69) is 25.7 Å². The average Bonchev–Trinajstić information content (AvgIpc) is 3.18. The first-order valence-electron chi connectivity index (χ1n) is 7.87. The first-order valence-corrected chi connectivity index (χ1v) is 7.87. The van der Waals surface area contributed by atoms with Crippen LogP contribution in [0.25, 0.3) is 5.69 Å². The Morgan fingerprint density at radius 1 is 1.00 bits per heavy atom. The van der Waals surface area contributed by atoms with Crippen LogP contribution in [0.2, 0.25) is 0 Å². The van der Waals surface area contributed by atoms with Crippen molar-refractivity contribution in [3.05, 3.63) is 78.1 Å². The number of aromatic nitrogens is 3. The lowest BCUT2D eigenvalue weighted by Gasteiger charge is -2.12. The molecule has 0 amide bonds. The Morgan fingerprint density at radius 2 is 1.58 bits per heavy atom. The highest BCUT2D eigenvalue weighted by Gasteiger charge is 2.01. The van der Waals surface area contributed by atoms with Gasteiger partial charge in [0.05, 0.1) is 5.69 Å². The highest BCUT2D eigenvalue weighted by atomic mass is 127. The molecule has 6 nitrogen and oxygen atoms in total. The molecule has 0 saturated heterocycles. The monoisotopic (exact) mass is 466 g/mol. The fourth-order valence-electron chi connectivity index (χ4n) is 2.30. The van der Waals surface area contributed by atoms with E-state index in [0.717, 1.165) is 16.8 Å². The summed E-state index contributed by atoms with van der Waals surface area (Å²) >= 11 is 0. The first kappa shape index (κ1) is 19.8. The van der Waals surface area contributed by atoms with Crippen LogP contribution in [-0.2, 0) is 13.1 Å². The number of halogens is 2. The number of guanidine groups is 1. The van der Waals surface area contributed by atoms with Crippen LogP contribution in [0.1, 0.15) is 11.1 Å². The van der Waals surface area contributed by atoms with Gasteiger partial charge < -0.3 is 10.6 Å². The lowest BCUT2D eigenvalue weighted by molar-refractivity contribution is 0.626. The molecule has 1 aromatic heterocycles. The van der Waals surface area contributed by atoms with E-state index in [0.29, 0.717) is 19.0 Å². The van der Waals surface area contributed by atoms with Crippen molar-refractivity contribution in [3.8, 4) is 5.69 Å². The van der Waals surface area contributed by atoms with Crippen molar-refractivity contribution in [3.63, 3.8) is 0 Å². The lowest BCUT2D eigenvalue weighted by Crippen LogP contribution is -2.36. The molecular formula is C18H20FIN6. The summed E-state index contributed by atoms with van der Waals surface area (Å²) in [6.07, 6.45) is 3.17. The summed E-state index contributed by atoms with van der Waals surface area (Å²) < 4.78 is 14.6. The Labute approximate surface area is 168 Å². The SMILES string of the molecule is CN=C(NCc1ccc(F)cc1)NCc1ccc(-n2cncn2)cc1.I. The summed E-state index contributed by atoms with van der Waals surface area (Å²) in [7, 11) is 1.72. The number of rotatable bonds is 5. The van der Waals surface area contributed by atoms with Gasteiger partial charge >= 0.3 is 0 Å². The first-order chi connectivity index (χ1) is 12.2. The van der Waals surface area contributed by atoms with Gasteiger partial charge in [-0.25, -0.2) is 14.1 Å². The van der Waals surface area contributed by atoms with Crippen molar-refractivity contribution < 1.29 is 4.39 Å². The quantitative estimate of drug-likeness (QED) is 0.345. The van der Waals surface area contributed by atoms with E-state index < -0.39 is 0 Å². The van der Waals surface area contributed by atoms with E-state index >= 15 is 0 Å². The maximum absolute atomic E-state index is 12.9. The molecule has 0 radical (unpaired) electrons. The second kappa shape index (κ2) is 9.85. The van der Waals surface area contributed by atoms with E-state index in [-0.39, 0.29) is 29.8 Å². The summed E-state index contributed by atoms with van der Waals surface area (Å²) in [5.41, 5.74) is 3.06. The average molecular weight is 466 g/mol. The Balaban J connectivity index is 0.00000243. The number of benzene rings is 2. The minimum atomic E-state index is -0.236. The van der Waals surface area contributed by atoms with E-state index in [4.69, 9.17) is 0 Å². The third-order valence-corrected chi connectivity index (χ3v) is 3.68. The van der Waals surface area contributed by atoms with Gasteiger partial charge in [-0.15, -0.1) is 24.0 Å². The maximum Gasteiger partial charge on any atom is 0.191 e. The molecule has 8 heteroatoms. The maximum atomic E-state index is 12.9. The highest BCUT2D eigenvalue weighted by molar-refractivity contribution is 14.0. The highest BCUT2D eigenvalue weighted by Crippen LogP contribution is 2.08. The van der Waals surface area contributed by atoms with Gasteiger partial charge in [-0.05, 0) is 35.4 Å². The van der Waals surface area contributed by atoms with Crippen molar-refractivity contribution in [2.24, 2.45) is 4.99 Å². The number of aliphatic imine (C=N–C) groups is 1. The molecule has 0 fully saturated rings. The van der Waals surface area contributed by atoms with Crippen LogP contribution >= 0.6 is 24.0 Å². The van der Waals surface area contributed by atoms with Crippen LogP contribution in [0.15, 0.2) is 66.2 Å². The molecule has 136 valence electrons. The molecule has 0 aliphatic rings. The number of hydrogen-bond donors (Lipinski definition) is 2. The lowest BCUT2D eigenvalue weighted by atomic mass is 10.2. The Hall–Kier alpha value is -2.49. The third-order valence-electron chi connectivity index (χ3n) is 3.68. The van der Waals surface area contributed by atoms with Crippen LogP contribution in [0.5, 0.6) is 0 Å². The Morgan fingerprint density at radius 3 is 2.08 bits per heavy atom. The predicted molar refractivity (Wildman–Crippen MR) is 110 cm³/mol. The number of nitrogens with zero attached hydrogens (tertiary/aromatic N) is 4.